The van der Waals surface area contributed by atoms with Crippen molar-refractivity contribution in [2.45, 2.75) is 6.92 Å². The van der Waals surface area contributed by atoms with Crippen molar-refractivity contribution in [1.29, 1.82) is 0 Å². The predicted molar refractivity (Wildman–Crippen MR) is 89.3 cm³/mol. The highest BCUT2D eigenvalue weighted by Gasteiger charge is 2.18. The number of hydrogen-bond acceptors (Lipinski definition) is 4. The van der Waals surface area contributed by atoms with Crippen molar-refractivity contribution in [2.75, 3.05) is 0 Å². The number of fused-ring (bicyclic) bond motifs is 5. The quantitative estimate of drug-likeness (QED) is 0.432. The van der Waals surface area contributed by atoms with E-state index in [2.05, 4.69) is 9.97 Å². The minimum absolute atomic E-state index is 0.663. The summed E-state index contributed by atoms with van der Waals surface area (Å²) in [6, 6.07) is 15.7. The molecule has 0 N–H and O–H groups in total. The predicted octanol–water partition coefficient (Wildman–Crippen LogP) is 5.10. The molecule has 4 heteroatoms. The van der Waals surface area contributed by atoms with Crippen molar-refractivity contribution >= 4 is 33.1 Å². The third-order valence-electron chi connectivity index (χ3n) is 4.05. The molecule has 0 radical (unpaired) electrons. The third kappa shape index (κ3) is 1.72. The standard InChI is InChI=1S/C19H12N2O2/c1-11-9-10-20-19(21-11)14-7-4-6-13-16(14)23-17-12-5-2-3-8-15(12)22-18(13)17/h2-10H,1H3. The van der Waals surface area contributed by atoms with Crippen molar-refractivity contribution in [2.24, 2.45) is 0 Å². The van der Waals surface area contributed by atoms with Crippen molar-refractivity contribution in [3.8, 4) is 11.4 Å². The highest BCUT2D eigenvalue weighted by atomic mass is 16.4. The van der Waals surface area contributed by atoms with E-state index in [-0.39, 0.29) is 0 Å². The van der Waals surface area contributed by atoms with Gasteiger partial charge in [-0.15, -0.1) is 0 Å². The van der Waals surface area contributed by atoms with E-state index in [9.17, 15) is 0 Å². The average Bonchev–Trinajstić information content (AvgIpc) is 3.11. The Hall–Kier alpha value is -3.14. The van der Waals surface area contributed by atoms with Gasteiger partial charge in [0.1, 0.15) is 11.2 Å². The van der Waals surface area contributed by atoms with E-state index in [0.29, 0.717) is 5.82 Å². The molecule has 0 aliphatic rings. The summed E-state index contributed by atoms with van der Waals surface area (Å²) >= 11 is 0. The molecule has 3 aromatic heterocycles. The Morgan fingerprint density at radius 2 is 1.61 bits per heavy atom. The van der Waals surface area contributed by atoms with E-state index in [1.807, 2.05) is 55.5 Å². The maximum atomic E-state index is 6.16. The summed E-state index contributed by atoms with van der Waals surface area (Å²) in [5.74, 6) is 0.663. The fraction of sp³-hybridized carbons (Fsp3) is 0.0526. The van der Waals surface area contributed by atoms with Crippen LogP contribution in [0.4, 0.5) is 0 Å². The number of furan rings is 2. The number of hydrogen-bond donors (Lipinski definition) is 0. The molecular formula is C19H12N2O2. The highest BCUT2D eigenvalue weighted by molar-refractivity contribution is 6.14. The Morgan fingerprint density at radius 3 is 2.52 bits per heavy atom. The van der Waals surface area contributed by atoms with Gasteiger partial charge in [-0.1, -0.05) is 18.2 Å². The molecule has 0 fully saturated rings. The van der Waals surface area contributed by atoms with Gasteiger partial charge >= 0.3 is 0 Å². The minimum atomic E-state index is 0.663. The lowest BCUT2D eigenvalue weighted by atomic mass is 10.1. The molecule has 0 unspecified atom stereocenters. The topological polar surface area (TPSA) is 52.1 Å². The first-order chi connectivity index (χ1) is 11.3. The van der Waals surface area contributed by atoms with Gasteiger partial charge in [0, 0.05) is 11.9 Å². The number of nitrogens with zero attached hydrogens (tertiary/aromatic N) is 2. The van der Waals surface area contributed by atoms with Gasteiger partial charge in [0.2, 0.25) is 0 Å². The van der Waals surface area contributed by atoms with Gasteiger partial charge in [0.05, 0.1) is 16.3 Å². The maximum absolute atomic E-state index is 6.16. The molecule has 110 valence electrons. The molecule has 0 bridgehead atoms. The average molecular weight is 300 g/mol. The van der Waals surface area contributed by atoms with Crippen molar-refractivity contribution < 1.29 is 8.83 Å². The summed E-state index contributed by atoms with van der Waals surface area (Å²) in [7, 11) is 0. The number of aryl methyl sites for hydroxylation is 1. The Labute approximate surface area is 131 Å². The first-order valence-corrected chi connectivity index (χ1v) is 7.44. The number of aromatic nitrogens is 2. The smallest absolute Gasteiger partial charge is 0.181 e. The lowest BCUT2D eigenvalue weighted by Crippen LogP contribution is -1.90. The molecule has 0 saturated heterocycles. The number of benzene rings is 2. The fourth-order valence-corrected chi connectivity index (χ4v) is 2.98. The monoisotopic (exact) mass is 300 g/mol. The van der Waals surface area contributed by atoms with Gasteiger partial charge < -0.3 is 8.83 Å². The van der Waals surface area contributed by atoms with E-state index in [0.717, 1.165) is 44.4 Å². The van der Waals surface area contributed by atoms with Crippen LogP contribution in [0.5, 0.6) is 0 Å². The number of rotatable bonds is 1. The SMILES string of the molecule is Cc1ccnc(-c2cccc3c2oc2c4ccccc4oc32)n1. The molecule has 3 heterocycles. The van der Waals surface area contributed by atoms with Crippen molar-refractivity contribution in [3.63, 3.8) is 0 Å². The molecule has 0 aliphatic carbocycles. The van der Waals surface area contributed by atoms with Crippen LogP contribution in [0.3, 0.4) is 0 Å². The second-order valence-electron chi connectivity index (χ2n) is 5.56. The van der Waals surface area contributed by atoms with E-state index in [1.165, 1.54) is 0 Å². The fourth-order valence-electron chi connectivity index (χ4n) is 2.98. The molecule has 2 aromatic carbocycles. The van der Waals surface area contributed by atoms with E-state index >= 15 is 0 Å². The lowest BCUT2D eigenvalue weighted by molar-refractivity contribution is 0.653. The van der Waals surface area contributed by atoms with Crippen LogP contribution in [0.1, 0.15) is 5.69 Å². The molecule has 0 atom stereocenters. The molecule has 0 spiro atoms. The van der Waals surface area contributed by atoms with Crippen molar-refractivity contribution in [3.05, 3.63) is 60.4 Å². The molecule has 0 aliphatic heterocycles. The Morgan fingerprint density at radius 1 is 0.783 bits per heavy atom. The van der Waals surface area contributed by atoms with Crippen LogP contribution < -0.4 is 0 Å². The van der Waals surface area contributed by atoms with Crippen LogP contribution in [0, 0.1) is 6.92 Å². The van der Waals surface area contributed by atoms with Crippen LogP contribution in [0.2, 0.25) is 0 Å². The van der Waals surface area contributed by atoms with E-state index in [1.54, 1.807) is 6.20 Å². The van der Waals surface area contributed by atoms with Crippen LogP contribution in [-0.2, 0) is 0 Å². The Kier molecular flexibility index (Phi) is 2.39. The molecule has 5 aromatic rings. The second kappa shape index (κ2) is 4.43. The Bertz CT molecular complexity index is 1180. The van der Waals surface area contributed by atoms with Crippen LogP contribution in [0.15, 0.2) is 63.6 Å². The van der Waals surface area contributed by atoms with Gasteiger partial charge in [-0.2, -0.15) is 0 Å². The summed E-state index contributed by atoms with van der Waals surface area (Å²) < 4.78 is 12.1. The highest BCUT2D eigenvalue weighted by Crippen LogP contribution is 2.39. The lowest BCUT2D eigenvalue weighted by Gasteiger charge is -2.01. The van der Waals surface area contributed by atoms with E-state index in [4.69, 9.17) is 8.83 Å². The molecular weight excluding hydrogens is 288 g/mol. The largest absolute Gasteiger partial charge is 0.452 e. The van der Waals surface area contributed by atoms with E-state index < -0.39 is 0 Å². The number of para-hydroxylation sites is 2. The second-order valence-corrected chi connectivity index (χ2v) is 5.56. The van der Waals surface area contributed by atoms with Crippen LogP contribution >= 0.6 is 0 Å². The van der Waals surface area contributed by atoms with Gasteiger partial charge in [-0.05, 0) is 37.3 Å². The van der Waals surface area contributed by atoms with Gasteiger partial charge in [0.15, 0.2) is 17.0 Å². The maximum Gasteiger partial charge on any atom is 0.181 e. The third-order valence-corrected chi connectivity index (χ3v) is 4.05. The Balaban J connectivity index is 1.90. The molecule has 23 heavy (non-hydrogen) atoms. The molecule has 0 saturated carbocycles. The molecule has 4 nitrogen and oxygen atoms in total. The summed E-state index contributed by atoms with van der Waals surface area (Å²) in [5, 5.41) is 1.92. The normalized spacial score (nSPS) is 11.7. The zero-order valence-corrected chi connectivity index (χ0v) is 12.4. The summed E-state index contributed by atoms with van der Waals surface area (Å²) in [4.78, 5) is 8.88. The van der Waals surface area contributed by atoms with Crippen molar-refractivity contribution in [1.82, 2.24) is 9.97 Å². The van der Waals surface area contributed by atoms with Gasteiger partial charge in [-0.3, -0.25) is 0 Å². The first-order valence-electron chi connectivity index (χ1n) is 7.44. The molecule has 0 amide bonds. The van der Waals surface area contributed by atoms with Crippen LogP contribution in [-0.4, -0.2) is 9.97 Å². The summed E-state index contributed by atoms with van der Waals surface area (Å²) in [5.41, 5.74) is 4.94. The zero-order valence-electron chi connectivity index (χ0n) is 12.4. The minimum Gasteiger partial charge on any atom is -0.452 e. The van der Waals surface area contributed by atoms with Gasteiger partial charge in [0.25, 0.3) is 0 Å². The zero-order chi connectivity index (χ0) is 15.4. The van der Waals surface area contributed by atoms with Gasteiger partial charge in [-0.25, -0.2) is 9.97 Å². The van der Waals surface area contributed by atoms with Crippen LogP contribution in [0.25, 0.3) is 44.5 Å². The summed E-state index contributed by atoms with van der Waals surface area (Å²) in [6.45, 7) is 1.95. The first kappa shape index (κ1) is 12.4. The summed E-state index contributed by atoms with van der Waals surface area (Å²) in [6.07, 6.45) is 1.76. The molecule has 5 rings (SSSR count).